The lowest BCUT2D eigenvalue weighted by atomic mass is 9.78. The van der Waals surface area contributed by atoms with E-state index in [0.29, 0.717) is 11.1 Å². The fourth-order valence-corrected chi connectivity index (χ4v) is 2.24. The van der Waals surface area contributed by atoms with Crippen LogP contribution in [0.2, 0.25) is 0 Å². The van der Waals surface area contributed by atoms with E-state index in [4.69, 9.17) is 5.73 Å². The molecule has 1 saturated carbocycles. The van der Waals surface area contributed by atoms with E-state index >= 15 is 0 Å². The summed E-state index contributed by atoms with van der Waals surface area (Å²) >= 11 is 0. The van der Waals surface area contributed by atoms with E-state index < -0.39 is 0 Å². The van der Waals surface area contributed by atoms with Gasteiger partial charge in [-0.2, -0.15) is 0 Å². The smallest absolute Gasteiger partial charge is 0.248 e. The quantitative estimate of drug-likeness (QED) is 0.835. The largest absolute Gasteiger partial charge is 0.366 e. The summed E-state index contributed by atoms with van der Waals surface area (Å²) in [5.41, 5.74) is 8.51. The molecule has 0 saturated heterocycles. The summed E-state index contributed by atoms with van der Waals surface area (Å²) in [5, 5.41) is 3.59. The van der Waals surface area contributed by atoms with Gasteiger partial charge in [-0.3, -0.25) is 4.79 Å². The van der Waals surface area contributed by atoms with Gasteiger partial charge in [0.2, 0.25) is 5.91 Å². The first kappa shape index (κ1) is 12.1. The van der Waals surface area contributed by atoms with Crippen molar-refractivity contribution >= 4 is 5.91 Å². The van der Waals surface area contributed by atoms with Crippen molar-refractivity contribution in [3.8, 4) is 0 Å². The Bertz CT molecular complexity index is 436. The minimum absolute atomic E-state index is 0.314. The normalized spacial score (nSPS) is 17.5. The molecule has 2 rings (SSSR count). The van der Waals surface area contributed by atoms with Crippen molar-refractivity contribution in [2.75, 3.05) is 0 Å². The molecule has 0 aliphatic heterocycles. The van der Waals surface area contributed by atoms with Crippen LogP contribution in [0.1, 0.15) is 47.7 Å². The number of carbonyl (C=O) groups excluding carboxylic acids is 1. The molecule has 0 bridgehead atoms. The maximum Gasteiger partial charge on any atom is 0.248 e. The third-order valence-corrected chi connectivity index (χ3v) is 3.79. The minimum atomic E-state index is -0.362. The summed E-state index contributed by atoms with van der Waals surface area (Å²) in [5.74, 6) is -0.362. The zero-order valence-electron chi connectivity index (χ0n) is 10.5. The minimum Gasteiger partial charge on any atom is -0.366 e. The second-order valence-corrected chi connectivity index (χ2v) is 5.27. The van der Waals surface area contributed by atoms with Gasteiger partial charge in [0.1, 0.15) is 0 Å². The lowest BCUT2D eigenvalue weighted by Crippen LogP contribution is -2.47. The van der Waals surface area contributed by atoms with Crippen LogP contribution in [-0.2, 0) is 6.54 Å². The van der Waals surface area contributed by atoms with Gasteiger partial charge in [-0.1, -0.05) is 6.07 Å². The van der Waals surface area contributed by atoms with Crippen LogP contribution in [0.25, 0.3) is 0 Å². The molecule has 0 spiro atoms. The topological polar surface area (TPSA) is 55.1 Å². The number of amides is 1. The maximum atomic E-state index is 11.0. The Kier molecular flexibility index (Phi) is 3.20. The van der Waals surface area contributed by atoms with E-state index in [9.17, 15) is 4.79 Å². The van der Waals surface area contributed by atoms with Crippen LogP contribution >= 0.6 is 0 Å². The van der Waals surface area contributed by atoms with Gasteiger partial charge in [0.25, 0.3) is 0 Å². The molecule has 3 heteroatoms. The van der Waals surface area contributed by atoms with Crippen LogP contribution in [0.15, 0.2) is 18.2 Å². The van der Waals surface area contributed by atoms with Gasteiger partial charge < -0.3 is 11.1 Å². The van der Waals surface area contributed by atoms with Crippen LogP contribution in [0, 0.1) is 6.92 Å². The van der Waals surface area contributed by atoms with Crippen molar-refractivity contribution < 1.29 is 4.79 Å². The first-order valence-electron chi connectivity index (χ1n) is 6.15. The third kappa shape index (κ3) is 2.67. The van der Waals surface area contributed by atoms with Gasteiger partial charge in [-0.15, -0.1) is 0 Å². The van der Waals surface area contributed by atoms with Gasteiger partial charge in [0.05, 0.1) is 0 Å². The van der Waals surface area contributed by atoms with Gasteiger partial charge in [0, 0.05) is 17.6 Å². The number of carbonyl (C=O) groups is 1. The second kappa shape index (κ2) is 4.49. The number of primary amides is 1. The molecule has 1 aromatic rings. The van der Waals surface area contributed by atoms with Gasteiger partial charge in [0.15, 0.2) is 0 Å². The van der Waals surface area contributed by atoms with Crippen molar-refractivity contribution in [1.29, 1.82) is 0 Å². The third-order valence-electron chi connectivity index (χ3n) is 3.79. The fraction of sp³-hybridized carbons (Fsp3) is 0.500. The van der Waals surface area contributed by atoms with E-state index in [1.807, 2.05) is 19.1 Å². The Morgan fingerprint density at radius 2 is 2.18 bits per heavy atom. The Hall–Kier alpha value is -1.35. The van der Waals surface area contributed by atoms with Gasteiger partial charge in [-0.05, 0) is 56.4 Å². The van der Waals surface area contributed by atoms with Crippen molar-refractivity contribution in [3.63, 3.8) is 0 Å². The highest BCUT2D eigenvalue weighted by Crippen LogP contribution is 2.31. The average Bonchev–Trinajstić information content (AvgIpc) is 2.24. The Balaban J connectivity index is 2.03. The second-order valence-electron chi connectivity index (χ2n) is 5.27. The van der Waals surface area contributed by atoms with Crippen molar-refractivity contribution in [3.05, 3.63) is 34.9 Å². The molecule has 17 heavy (non-hydrogen) atoms. The summed E-state index contributed by atoms with van der Waals surface area (Å²) in [6.45, 7) is 5.15. The lowest BCUT2D eigenvalue weighted by Gasteiger charge is -2.39. The molecule has 3 nitrogen and oxygen atoms in total. The predicted octanol–water partition coefficient (Wildman–Crippen LogP) is 2.13. The molecule has 1 aromatic carbocycles. The summed E-state index contributed by atoms with van der Waals surface area (Å²) in [6, 6.07) is 5.66. The number of benzene rings is 1. The zero-order chi connectivity index (χ0) is 12.5. The number of nitrogens with one attached hydrogen (secondary N) is 1. The van der Waals surface area contributed by atoms with Crippen LogP contribution in [0.4, 0.5) is 0 Å². The van der Waals surface area contributed by atoms with E-state index in [1.54, 1.807) is 6.07 Å². The Morgan fingerprint density at radius 1 is 1.47 bits per heavy atom. The highest BCUT2D eigenvalue weighted by atomic mass is 16.1. The first-order valence-corrected chi connectivity index (χ1v) is 6.15. The SMILES string of the molecule is Cc1cc(C(N)=O)ccc1CNC1(C)CCC1. The van der Waals surface area contributed by atoms with Crippen LogP contribution < -0.4 is 11.1 Å². The van der Waals surface area contributed by atoms with E-state index in [1.165, 1.54) is 24.8 Å². The molecular weight excluding hydrogens is 212 g/mol. The monoisotopic (exact) mass is 232 g/mol. The standard InChI is InChI=1S/C14H20N2O/c1-10-8-11(13(15)17)4-5-12(10)9-16-14(2)6-3-7-14/h4-5,8,16H,3,6-7,9H2,1-2H3,(H2,15,17). The Labute approximate surface area is 102 Å². The Morgan fingerprint density at radius 3 is 2.65 bits per heavy atom. The molecule has 1 fully saturated rings. The lowest BCUT2D eigenvalue weighted by molar-refractivity contribution is 0.1000. The highest BCUT2D eigenvalue weighted by Gasteiger charge is 2.30. The zero-order valence-corrected chi connectivity index (χ0v) is 10.5. The number of rotatable bonds is 4. The molecule has 1 amide bonds. The number of hydrogen-bond acceptors (Lipinski definition) is 2. The number of aryl methyl sites for hydroxylation is 1. The molecule has 0 aromatic heterocycles. The molecule has 92 valence electrons. The predicted molar refractivity (Wildman–Crippen MR) is 68.8 cm³/mol. The molecule has 1 aliphatic rings. The maximum absolute atomic E-state index is 11.0. The molecule has 0 unspecified atom stereocenters. The summed E-state index contributed by atoms with van der Waals surface area (Å²) in [7, 11) is 0. The summed E-state index contributed by atoms with van der Waals surface area (Å²) < 4.78 is 0. The molecule has 3 N–H and O–H groups in total. The van der Waals surface area contributed by atoms with Crippen molar-refractivity contribution in [2.24, 2.45) is 5.73 Å². The number of hydrogen-bond donors (Lipinski definition) is 2. The summed E-state index contributed by atoms with van der Waals surface area (Å²) in [6.07, 6.45) is 3.83. The summed E-state index contributed by atoms with van der Waals surface area (Å²) in [4.78, 5) is 11.0. The molecule has 0 atom stereocenters. The number of nitrogens with two attached hydrogens (primary N) is 1. The van der Waals surface area contributed by atoms with Crippen LogP contribution in [0.5, 0.6) is 0 Å². The van der Waals surface area contributed by atoms with E-state index in [2.05, 4.69) is 12.2 Å². The van der Waals surface area contributed by atoms with Crippen molar-refractivity contribution in [2.45, 2.75) is 45.2 Å². The molecule has 1 aliphatic carbocycles. The van der Waals surface area contributed by atoms with Gasteiger partial charge >= 0.3 is 0 Å². The van der Waals surface area contributed by atoms with E-state index in [0.717, 1.165) is 12.1 Å². The van der Waals surface area contributed by atoms with Crippen LogP contribution in [-0.4, -0.2) is 11.4 Å². The van der Waals surface area contributed by atoms with Crippen molar-refractivity contribution in [1.82, 2.24) is 5.32 Å². The van der Waals surface area contributed by atoms with Gasteiger partial charge in [-0.25, -0.2) is 0 Å². The molecule has 0 radical (unpaired) electrons. The molecular formula is C14H20N2O. The highest BCUT2D eigenvalue weighted by molar-refractivity contribution is 5.93. The first-order chi connectivity index (χ1) is 8.00. The molecule has 0 heterocycles. The fourth-order valence-electron chi connectivity index (χ4n) is 2.24. The average molecular weight is 232 g/mol. The van der Waals surface area contributed by atoms with Crippen LogP contribution in [0.3, 0.4) is 0 Å². The van der Waals surface area contributed by atoms with E-state index in [-0.39, 0.29) is 5.91 Å².